The number of anilines is 1. The zero-order valence-electron chi connectivity index (χ0n) is 11.2. The van der Waals surface area contributed by atoms with Crippen molar-refractivity contribution in [2.45, 2.75) is 13.0 Å². The van der Waals surface area contributed by atoms with Gasteiger partial charge in [-0.1, -0.05) is 18.2 Å². The number of carbonyl (C=O) groups excluding carboxylic acids is 1. The smallest absolute Gasteiger partial charge is 0.274 e. The second-order valence-electron chi connectivity index (χ2n) is 4.44. The van der Waals surface area contributed by atoms with Crippen molar-refractivity contribution in [2.24, 2.45) is 0 Å². The van der Waals surface area contributed by atoms with E-state index < -0.39 is 6.04 Å². The predicted octanol–water partition coefficient (Wildman–Crippen LogP) is 2.03. The summed E-state index contributed by atoms with van der Waals surface area (Å²) in [4.78, 5) is 21.4. The Morgan fingerprint density at radius 1 is 1.30 bits per heavy atom. The van der Waals surface area contributed by atoms with E-state index in [1.54, 1.807) is 32.2 Å². The maximum absolute atomic E-state index is 13.7. The Labute approximate surface area is 116 Å². The van der Waals surface area contributed by atoms with Crippen LogP contribution in [0.25, 0.3) is 0 Å². The number of hydrogen-bond donors (Lipinski definition) is 1. The summed E-state index contributed by atoms with van der Waals surface area (Å²) in [6, 6.07) is 5.95. The fourth-order valence-electron chi connectivity index (χ4n) is 1.83. The molecule has 1 heterocycles. The molecule has 0 aliphatic carbocycles. The first-order chi connectivity index (χ1) is 9.50. The lowest BCUT2D eigenvalue weighted by atomic mass is 10.1. The van der Waals surface area contributed by atoms with E-state index in [0.29, 0.717) is 5.56 Å². The quantitative estimate of drug-likeness (QED) is 0.929. The third-order valence-corrected chi connectivity index (χ3v) is 3.15. The summed E-state index contributed by atoms with van der Waals surface area (Å²) in [5, 5.41) is 0. The van der Waals surface area contributed by atoms with Crippen molar-refractivity contribution >= 4 is 11.7 Å². The standard InChI is InChI=1S/C14H15FN4O/c1-9(10-5-3-4-6-11(10)15)19(2)14(20)12-7-18-13(16)8-17-12/h3-9H,1-2H3,(H2,16,18). The zero-order chi connectivity index (χ0) is 14.7. The van der Waals surface area contributed by atoms with Gasteiger partial charge in [0.15, 0.2) is 0 Å². The first-order valence-corrected chi connectivity index (χ1v) is 6.10. The number of nitrogens with zero attached hydrogens (tertiary/aromatic N) is 3. The highest BCUT2D eigenvalue weighted by molar-refractivity contribution is 5.92. The number of hydrogen-bond acceptors (Lipinski definition) is 4. The zero-order valence-corrected chi connectivity index (χ0v) is 11.2. The van der Waals surface area contributed by atoms with Crippen molar-refractivity contribution in [3.63, 3.8) is 0 Å². The monoisotopic (exact) mass is 274 g/mol. The molecule has 0 aliphatic heterocycles. The summed E-state index contributed by atoms with van der Waals surface area (Å²) in [5.74, 6) is -0.442. The van der Waals surface area contributed by atoms with Crippen LogP contribution in [0.2, 0.25) is 0 Å². The number of rotatable bonds is 3. The Balaban J connectivity index is 2.22. The molecule has 0 saturated heterocycles. The van der Waals surface area contributed by atoms with Crippen molar-refractivity contribution in [2.75, 3.05) is 12.8 Å². The molecule has 2 aromatic rings. The minimum Gasteiger partial charge on any atom is -0.382 e. The van der Waals surface area contributed by atoms with Crippen LogP contribution in [0.4, 0.5) is 10.2 Å². The summed E-state index contributed by atoms with van der Waals surface area (Å²) < 4.78 is 13.7. The number of amides is 1. The Kier molecular flexibility index (Phi) is 3.93. The van der Waals surface area contributed by atoms with E-state index in [4.69, 9.17) is 5.73 Å². The van der Waals surface area contributed by atoms with Gasteiger partial charge in [-0.3, -0.25) is 4.79 Å². The highest BCUT2D eigenvalue weighted by Gasteiger charge is 2.22. The molecule has 20 heavy (non-hydrogen) atoms. The normalized spacial score (nSPS) is 11.9. The van der Waals surface area contributed by atoms with Gasteiger partial charge in [0.2, 0.25) is 0 Å². The van der Waals surface area contributed by atoms with Crippen LogP contribution in [0, 0.1) is 5.82 Å². The summed E-state index contributed by atoms with van der Waals surface area (Å²) >= 11 is 0. The van der Waals surface area contributed by atoms with E-state index in [1.165, 1.54) is 23.4 Å². The highest BCUT2D eigenvalue weighted by Crippen LogP contribution is 2.22. The van der Waals surface area contributed by atoms with Crippen LogP contribution in [0.5, 0.6) is 0 Å². The minimum atomic E-state index is -0.414. The van der Waals surface area contributed by atoms with E-state index in [2.05, 4.69) is 9.97 Å². The molecule has 2 N–H and O–H groups in total. The number of nitrogens with two attached hydrogens (primary N) is 1. The lowest BCUT2D eigenvalue weighted by molar-refractivity contribution is 0.0734. The second-order valence-corrected chi connectivity index (χ2v) is 4.44. The molecule has 104 valence electrons. The molecule has 0 bridgehead atoms. The second kappa shape index (κ2) is 5.64. The van der Waals surface area contributed by atoms with Gasteiger partial charge in [-0.25, -0.2) is 14.4 Å². The topological polar surface area (TPSA) is 72.1 Å². The Morgan fingerprint density at radius 2 is 2.00 bits per heavy atom. The first-order valence-electron chi connectivity index (χ1n) is 6.10. The summed E-state index contributed by atoms with van der Waals surface area (Å²) in [5.41, 5.74) is 6.05. The minimum absolute atomic E-state index is 0.171. The Bertz CT molecular complexity index is 615. The molecule has 1 amide bonds. The molecule has 0 aliphatic rings. The molecule has 2 rings (SSSR count). The maximum Gasteiger partial charge on any atom is 0.274 e. The van der Waals surface area contributed by atoms with Gasteiger partial charge in [-0.05, 0) is 13.0 Å². The molecular formula is C14H15FN4O. The third kappa shape index (κ3) is 2.74. The molecule has 0 radical (unpaired) electrons. The number of benzene rings is 1. The van der Waals surface area contributed by atoms with Gasteiger partial charge >= 0.3 is 0 Å². The van der Waals surface area contributed by atoms with Crippen molar-refractivity contribution in [3.8, 4) is 0 Å². The molecule has 6 heteroatoms. The van der Waals surface area contributed by atoms with E-state index in [1.807, 2.05) is 0 Å². The van der Waals surface area contributed by atoms with Crippen LogP contribution in [-0.4, -0.2) is 27.8 Å². The molecular weight excluding hydrogens is 259 g/mol. The van der Waals surface area contributed by atoms with Gasteiger partial charge in [0.1, 0.15) is 17.3 Å². The molecule has 0 fully saturated rings. The molecule has 1 aromatic heterocycles. The summed E-state index contributed by atoms with van der Waals surface area (Å²) in [6.07, 6.45) is 2.62. The maximum atomic E-state index is 13.7. The van der Waals surface area contributed by atoms with Crippen molar-refractivity contribution in [1.82, 2.24) is 14.9 Å². The molecule has 5 nitrogen and oxygen atoms in total. The van der Waals surface area contributed by atoms with E-state index >= 15 is 0 Å². The molecule has 0 spiro atoms. The molecule has 1 aromatic carbocycles. The van der Waals surface area contributed by atoms with Crippen molar-refractivity contribution < 1.29 is 9.18 Å². The lowest BCUT2D eigenvalue weighted by Crippen LogP contribution is -2.30. The molecule has 0 saturated carbocycles. The fourth-order valence-corrected chi connectivity index (χ4v) is 1.83. The molecule has 1 atom stereocenters. The lowest BCUT2D eigenvalue weighted by Gasteiger charge is -2.25. The number of carbonyl (C=O) groups is 1. The van der Waals surface area contributed by atoms with Crippen LogP contribution in [0.15, 0.2) is 36.7 Å². The van der Waals surface area contributed by atoms with E-state index in [-0.39, 0.29) is 23.2 Å². The van der Waals surface area contributed by atoms with Gasteiger partial charge in [-0.2, -0.15) is 0 Å². The van der Waals surface area contributed by atoms with Crippen LogP contribution >= 0.6 is 0 Å². The number of halogens is 1. The summed E-state index contributed by atoms with van der Waals surface area (Å²) in [6.45, 7) is 1.75. The SMILES string of the molecule is CC(c1ccccc1F)N(C)C(=O)c1cnc(N)cn1. The first kappa shape index (κ1) is 13.9. The predicted molar refractivity (Wildman–Crippen MR) is 73.4 cm³/mol. The number of nitrogen functional groups attached to an aromatic ring is 1. The highest BCUT2D eigenvalue weighted by atomic mass is 19.1. The van der Waals surface area contributed by atoms with Gasteiger partial charge in [0, 0.05) is 12.6 Å². The van der Waals surface area contributed by atoms with Crippen LogP contribution in [0.3, 0.4) is 0 Å². The Hall–Kier alpha value is -2.50. The average Bonchev–Trinajstić information content (AvgIpc) is 2.46. The largest absolute Gasteiger partial charge is 0.382 e. The van der Waals surface area contributed by atoms with Crippen LogP contribution in [0.1, 0.15) is 29.0 Å². The van der Waals surface area contributed by atoms with Crippen LogP contribution in [-0.2, 0) is 0 Å². The molecule has 1 unspecified atom stereocenters. The Morgan fingerprint density at radius 3 is 2.60 bits per heavy atom. The van der Waals surface area contributed by atoms with Gasteiger partial charge in [0.25, 0.3) is 5.91 Å². The van der Waals surface area contributed by atoms with Gasteiger partial charge in [0.05, 0.1) is 18.4 Å². The van der Waals surface area contributed by atoms with E-state index in [0.717, 1.165) is 0 Å². The van der Waals surface area contributed by atoms with Crippen molar-refractivity contribution in [3.05, 3.63) is 53.7 Å². The third-order valence-electron chi connectivity index (χ3n) is 3.15. The fraction of sp³-hybridized carbons (Fsp3) is 0.214. The average molecular weight is 274 g/mol. The van der Waals surface area contributed by atoms with Gasteiger partial charge < -0.3 is 10.6 Å². The number of aromatic nitrogens is 2. The van der Waals surface area contributed by atoms with Gasteiger partial charge in [-0.15, -0.1) is 0 Å². The van der Waals surface area contributed by atoms with E-state index in [9.17, 15) is 9.18 Å². The van der Waals surface area contributed by atoms with Crippen molar-refractivity contribution in [1.29, 1.82) is 0 Å². The summed E-state index contributed by atoms with van der Waals surface area (Å²) in [7, 11) is 1.59. The van der Waals surface area contributed by atoms with Crippen LogP contribution < -0.4 is 5.73 Å².